The molecule has 0 atom stereocenters. The van der Waals surface area contributed by atoms with Gasteiger partial charge in [-0.2, -0.15) is 0 Å². The number of hydrogen-bond donors (Lipinski definition) is 1. The molecule has 2 aliphatic carbocycles. The Labute approximate surface area is 116 Å². The smallest absolute Gasteiger partial charge is 0.408 e. The fourth-order valence-electron chi connectivity index (χ4n) is 3.26. The molecule has 0 radical (unpaired) electrons. The summed E-state index contributed by atoms with van der Waals surface area (Å²) in [5.74, 6) is 2.96. The summed E-state index contributed by atoms with van der Waals surface area (Å²) in [6, 6.07) is 0. The summed E-state index contributed by atoms with van der Waals surface area (Å²) < 4.78 is 5.41. The first-order valence-electron chi connectivity index (χ1n) is 7.32. The third-order valence-electron chi connectivity index (χ3n) is 4.39. The van der Waals surface area contributed by atoms with Crippen LogP contribution < -0.4 is 5.32 Å². The zero-order valence-electron chi connectivity index (χ0n) is 12.3. The van der Waals surface area contributed by atoms with Gasteiger partial charge in [-0.15, -0.1) is 6.42 Å². The number of hydrogen-bond acceptors (Lipinski definition) is 2. The Morgan fingerprint density at radius 1 is 1.16 bits per heavy atom. The normalized spacial score (nSPS) is 24.1. The molecule has 0 heterocycles. The van der Waals surface area contributed by atoms with Crippen LogP contribution in [0.4, 0.5) is 4.79 Å². The third kappa shape index (κ3) is 2.88. The highest BCUT2D eigenvalue weighted by molar-refractivity contribution is 5.69. The molecule has 1 N–H and O–H groups in total. The fourth-order valence-corrected chi connectivity index (χ4v) is 3.26. The van der Waals surface area contributed by atoms with E-state index < -0.39 is 5.60 Å². The van der Waals surface area contributed by atoms with E-state index in [4.69, 9.17) is 11.2 Å². The summed E-state index contributed by atoms with van der Waals surface area (Å²) in [4.78, 5) is 12.1. The molecule has 0 bridgehead atoms. The molecule has 0 unspecified atom stereocenters. The minimum absolute atomic E-state index is 0.121. The minimum atomic E-state index is -0.465. The lowest BCUT2D eigenvalue weighted by Crippen LogP contribution is -2.56. The van der Waals surface area contributed by atoms with Crippen molar-refractivity contribution in [3.8, 4) is 12.3 Å². The Kier molecular flexibility index (Phi) is 3.55. The maximum Gasteiger partial charge on any atom is 0.408 e. The minimum Gasteiger partial charge on any atom is -0.444 e. The number of carbonyl (C=O) groups is 1. The molecule has 0 aromatic carbocycles. The molecule has 19 heavy (non-hydrogen) atoms. The Morgan fingerprint density at radius 2 is 1.74 bits per heavy atom. The van der Waals surface area contributed by atoms with Crippen molar-refractivity contribution in [3.05, 3.63) is 0 Å². The monoisotopic (exact) mass is 263 g/mol. The van der Waals surface area contributed by atoms with Gasteiger partial charge in [-0.25, -0.2) is 4.79 Å². The van der Waals surface area contributed by atoms with E-state index in [1.807, 2.05) is 20.8 Å². The van der Waals surface area contributed by atoms with Crippen molar-refractivity contribution >= 4 is 6.09 Å². The van der Waals surface area contributed by atoms with Gasteiger partial charge in [0, 0.05) is 0 Å². The van der Waals surface area contributed by atoms with Crippen molar-refractivity contribution in [1.82, 2.24) is 5.32 Å². The summed E-state index contributed by atoms with van der Waals surface area (Å²) in [5.41, 5.74) is -0.820. The van der Waals surface area contributed by atoms with Crippen LogP contribution in [0.25, 0.3) is 0 Å². The Morgan fingerprint density at radius 3 is 2.16 bits per heavy atom. The molecule has 3 heteroatoms. The number of carbonyl (C=O) groups excluding carboxylic acids is 1. The largest absolute Gasteiger partial charge is 0.444 e. The average molecular weight is 263 g/mol. The van der Waals surface area contributed by atoms with Gasteiger partial charge in [0.05, 0.1) is 11.0 Å². The summed E-state index contributed by atoms with van der Waals surface area (Å²) >= 11 is 0. The lowest BCUT2D eigenvalue weighted by molar-refractivity contribution is 0.0367. The van der Waals surface area contributed by atoms with Crippen LogP contribution in [0.5, 0.6) is 0 Å². The van der Waals surface area contributed by atoms with E-state index >= 15 is 0 Å². The topological polar surface area (TPSA) is 38.3 Å². The second-order valence-electron chi connectivity index (χ2n) is 7.00. The highest BCUT2D eigenvalue weighted by atomic mass is 16.6. The van der Waals surface area contributed by atoms with E-state index in [0.29, 0.717) is 0 Å². The first-order valence-corrected chi connectivity index (χ1v) is 7.32. The molecule has 0 aliphatic heterocycles. The molecule has 2 aliphatic rings. The van der Waals surface area contributed by atoms with Crippen LogP contribution in [-0.4, -0.2) is 17.2 Å². The molecular weight excluding hydrogens is 238 g/mol. The van der Waals surface area contributed by atoms with Crippen LogP contribution >= 0.6 is 0 Å². The van der Waals surface area contributed by atoms with Crippen molar-refractivity contribution in [1.29, 1.82) is 0 Å². The molecular formula is C16H25NO2. The maximum atomic E-state index is 12.1. The number of rotatable bonds is 2. The van der Waals surface area contributed by atoms with E-state index in [1.165, 1.54) is 6.42 Å². The zero-order chi connectivity index (χ0) is 14.1. The van der Waals surface area contributed by atoms with Gasteiger partial charge in [-0.3, -0.25) is 0 Å². The maximum absolute atomic E-state index is 12.1. The summed E-state index contributed by atoms with van der Waals surface area (Å²) in [6.45, 7) is 5.65. The van der Waals surface area contributed by atoms with Crippen LogP contribution in [0, 0.1) is 17.8 Å². The van der Waals surface area contributed by atoms with Crippen LogP contribution in [0.15, 0.2) is 0 Å². The molecule has 0 saturated heterocycles. The van der Waals surface area contributed by atoms with Gasteiger partial charge in [0.15, 0.2) is 0 Å². The second kappa shape index (κ2) is 4.74. The van der Waals surface area contributed by atoms with Crippen LogP contribution in [0.1, 0.15) is 65.7 Å². The first kappa shape index (κ1) is 14.2. The predicted molar refractivity (Wildman–Crippen MR) is 75.7 cm³/mol. The van der Waals surface area contributed by atoms with Gasteiger partial charge in [0.1, 0.15) is 5.60 Å². The molecule has 0 aromatic rings. The fraction of sp³-hybridized carbons (Fsp3) is 0.812. The SMILES string of the molecule is C#CC1(C2(NC(=O)OC(C)(C)C)CCCCC2)CC1. The van der Waals surface area contributed by atoms with E-state index in [1.54, 1.807) is 0 Å². The van der Waals surface area contributed by atoms with Crippen molar-refractivity contribution in [2.45, 2.75) is 76.9 Å². The Balaban J connectivity index is 2.12. The third-order valence-corrected chi connectivity index (χ3v) is 4.39. The van der Waals surface area contributed by atoms with Crippen LogP contribution in [0.3, 0.4) is 0 Å². The van der Waals surface area contributed by atoms with Gasteiger partial charge in [-0.1, -0.05) is 25.2 Å². The lowest BCUT2D eigenvalue weighted by atomic mass is 9.70. The first-order chi connectivity index (χ1) is 8.83. The molecule has 2 saturated carbocycles. The van der Waals surface area contributed by atoms with Crippen molar-refractivity contribution in [2.24, 2.45) is 5.41 Å². The molecule has 2 rings (SSSR count). The molecule has 0 spiro atoms. The quantitative estimate of drug-likeness (QED) is 0.773. The second-order valence-corrected chi connectivity index (χ2v) is 7.00. The Hall–Kier alpha value is -1.17. The molecule has 0 aromatic heterocycles. The number of alkyl carbamates (subject to hydrolysis) is 1. The van der Waals surface area contributed by atoms with Gasteiger partial charge in [-0.05, 0) is 46.5 Å². The van der Waals surface area contributed by atoms with E-state index in [2.05, 4.69) is 11.2 Å². The highest BCUT2D eigenvalue weighted by Crippen LogP contribution is 2.58. The zero-order valence-corrected chi connectivity index (χ0v) is 12.3. The van der Waals surface area contributed by atoms with Gasteiger partial charge in [0.25, 0.3) is 0 Å². The van der Waals surface area contributed by atoms with Crippen molar-refractivity contribution < 1.29 is 9.53 Å². The van der Waals surface area contributed by atoms with Crippen LogP contribution in [-0.2, 0) is 4.74 Å². The Bertz CT molecular complexity index is 390. The number of terminal acetylenes is 1. The predicted octanol–water partition coefficient (Wildman–Crippen LogP) is 3.63. The molecule has 106 valence electrons. The lowest BCUT2D eigenvalue weighted by Gasteiger charge is -2.43. The molecule has 3 nitrogen and oxygen atoms in total. The van der Waals surface area contributed by atoms with Gasteiger partial charge in [0.2, 0.25) is 0 Å². The van der Waals surface area contributed by atoms with Crippen molar-refractivity contribution in [3.63, 3.8) is 0 Å². The summed E-state index contributed by atoms with van der Waals surface area (Å²) in [7, 11) is 0. The number of ether oxygens (including phenoxy) is 1. The van der Waals surface area contributed by atoms with E-state index in [-0.39, 0.29) is 17.0 Å². The summed E-state index contributed by atoms with van der Waals surface area (Å²) in [5, 5.41) is 3.14. The van der Waals surface area contributed by atoms with Crippen LogP contribution in [0.2, 0.25) is 0 Å². The highest BCUT2D eigenvalue weighted by Gasteiger charge is 2.59. The standard InChI is InChI=1S/C16H25NO2/c1-5-15(11-12-15)16(9-7-6-8-10-16)17-13(18)19-14(2,3)4/h1H,6-12H2,2-4H3,(H,17,18). The van der Waals surface area contributed by atoms with E-state index in [9.17, 15) is 4.79 Å². The number of nitrogens with one attached hydrogen (secondary N) is 1. The van der Waals surface area contributed by atoms with Crippen molar-refractivity contribution in [2.75, 3.05) is 0 Å². The molecule has 2 fully saturated rings. The average Bonchev–Trinajstić information content (AvgIpc) is 3.08. The number of amides is 1. The van der Waals surface area contributed by atoms with Gasteiger partial charge >= 0.3 is 6.09 Å². The summed E-state index contributed by atoms with van der Waals surface area (Å²) in [6.07, 6.45) is 13.0. The molecule has 1 amide bonds. The van der Waals surface area contributed by atoms with Gasteiger partial charge < -0.3 is 10.1 Å². The van der Waals surface area contributed by atoms with E-state index in [0.717, 1.165) is 38.5 Å².